The van der Waals surface area contributed by atoms with E-state index in [1.807, 2.05) is 6.92 Å². The van der Waals surface area contributed by atoms with Crippen LogP contribution in [-0.2, 0) is 0 Å². The van der Waals surface area contributed by atoms with Gasteiger partial charge in [-0.25, -0.2) is 4.68 Å². The summed E-state index contributed by atoms with van der Waals surface area (Å²) in [5.74, 6) is 0.351. The lowest BCUT2D eigenvalue weighted by atomic mass is 10.3. The van der Waals surface area contributed by atoms with Crippen molar-refractivity contribution in [3.05, 3.63) is 21.9 Å². The van der Waals surface area contributed by atoms with Gasteiger partial charge < -0.3 is 5.73 Å². The summed E-state index contributed by atoms with van der Waals surface area (Å²) in [6.45, 7) is 4.10. The number of nitrogen functional groups attached to an aromatic ring is 1. The Bertz CT molecular complexity index is 432. The Balaban J connectivity index is 2.33. The molecule has 0 amide bonds. The van der Waals surface area contributed by atoms with Crippen LogP contribution in [0.5, 0.6) is 0 Å². The number of aromatic nitrogens is 4. The molecule has 2 N–H and O–H groups in total. The summed E-state index contributed by atoms with van der Waals surface area (Å²) in [5, 5.41) is 11.0. The molecule has 2 aromatic heterocycles. The third kappa shape index (κ3) is 1.48. The molecule has 74 valence electrons. The van der Waals surface area contributed by atoms with Gasteiger partial charge in [0.1, 0.15) is 0 Å². The molecule has 5 nitrogen and oxygen atoms in total. The highest BCUT2D eigenvalue weighted by atomic mass is 32.1. The number of rotatable bonds is 2. The Morgan fingerprint density at radius 2 is 2.29 bits per heavy atom. The summed E-state index contributed by atoms with van der Waals surface area (Å²) < 4.78 is 1.62. The standard InChI is InChI=1S/C8H11N5S/c1-5-3-4-7(14-5)6(2)13-8(9)10-11-12-13/h3-4,6H,1-2H3,(H2,9,10,12). The van der Waals surface area contributed by atoms with Crippen molar-refractivity contribution in [2.45, 2.75) is 19.9 Å². The molecule has 14 heavy (non-hydrogen) atoms. The quantitative estimate of drug-likeness (QED) is 0.807. The first-order valence-electron chi connectivity index (χ1n) is 4.28. The van der Waals surface area contributed by atoms with E-state index in [4.69, 9.17) is 5.73 Å². The highest BCUT2D eigenvalue weighted by Crippen LogP contribution is 2.25. The Morgan fingerprint density at radius 1 is 1.50 bits per heavy atom. The zero-order chi connectivity index (χ0) is 10.1. The van der Waals surface area contributed by atoms with Crippen LogP contribution in [0.15, 0.2) is 12.1 Å². The van der Waals surface area contributed by atoms with Gasteiger partial charge in [-0.2, -0.15) is 0 Å². The Labute approximate surface area is 85.5 Å². The number of anilines is 1. The molecule has 0 aromatic carbocycles. The zero-order valence-corrected chi connectivity index (χ0v) is 8.82. The van der Waals surface area contributed by atoms with Gasteiger partial charge in [-0.3, -0.25) is 0 Å². The number of thiophene rings is 1. The highest BCUT2D eigenvalue weighted by molar-refractivity contribution is 7.12. The van der Waals surface area contributed by atoms with E-state index < -0.39 is 0 Å². The molecule has 2 heterocycles. The van der Waals surface area contributed by atoms with Crippen LogP contribution in [0.1, 0.15) is 22.7 Å². The number of hydrogen-bond acceptors (Lipinski definition) is 5. The minimum atomic E-state index is 0.101. The van der Waals surface area contributed by atoms with E-state index in [2.05, 4.69) is 34.6 Å². The average Bonchev–Trinajstić information content (AvgIpc) is 2.73. The second-order valence-corrected chi connectivity index (χ2v) is 4.43. The fourth-order valence-electron chi connectivity index (χ4n) is 1.27. The Kier molecular flexibility index (Phi) is 2.20. The van der Waals surface area contributed by atoms with Gasteiger partial charge in [0, 0.05) is 9.75 Å². The van der Waals surface area contributed by atoms with Crippen LogP contribution in [-0.4, -0.2) is 20.2 Å². The molecule has 0 aliphatic carbocycles. The number of aryl methyl sites for hydroxylation is 1. The summed E-state index contributed by atoms with van der Waals surface area (Å²) in [6, 6.07) is 4.26. The molecule has 0 aliphatic rings. The van der Waals surface area contributed by atoms with Gasteiger partial charge in [0.15, 0.2) is 0 Å². The molecule has 1 atom stereocenters. The van der Waals surface area contributed by atoms with E-state index in [-0.39, 0.29) is 6.04 Å². The van der Waals surface area contributed by atoms with E-state index in [1.165, 1.54) is 9.75 Å². The summed E-state index contributed by atoms with van der Waals surface area (Å²) in [5.41, 5.74) is 5.62. The molecule has 0 bridgehead atoms. The van der Waals surface area contributed by atoms with Gasteiger partial charge in [-0.05, 0) is 36.4 Å². The van der Waals surface area contributed by atoms with Gasteiger partial charge in [0.2, 0.25) is 5.95 Å². The van der Waals surface area contributed by atoms with Crippen molar-refractivity contribution < 1.29 is 0 Å². The van der Waals surface area contributed by atoms with Crippen LogP contribution in [0.2, 0.25) is 0 Å². The van der Waals surface area contributed by atoms with Gasteiger partial charge >= 0.3 is 0 Å². The predicted molar refractivity (Wildman–Crippen MR) is 55.1 cm³/mol. The van der Waals surface area contributed by atoms with Crippen molar-refractivity contribution in [1.82, 2.24) is 20.2 Å². The van der Waals surface area contributed by atoms with E-state index in [1.54, 1.807) is 16.0 Å². The number of nitrogens with two attached hydrogens (primary N) is 1. The first kappa shape index (κ1) is 9.14. The molecular weight excluding hydrogens is 198 g/mol. The lowest BCUT2D eigenvalue weighted by Gasteiger charge is -2.08. The highest BCUT2D eigenvalue weighted by Gasteiger charge is 2.13. The van der Waals surface area contributed by atoms with Crippen molar-refractivity contribution in [2.75, 3.05) is 5.73 Å². The van der Waals surface area contributed by atoms with Gasteiger partial charge in [-0.15, -0.1) is 11.3 Å². The zero-order valence-electron chi connectivity index (χ0n) is 8.01. The number of hydrogen-bond donors (Lipinski definition) is 1. The summed E-state index contributed by atoms with van der Waals surface area (Å²) in [4.78, 5) is 2.49. The first-order chi connectivity index (χ1) is 6.68. The number of nitrogens with zero attached hydrogens (tertiary/aromatic N) is 4. The fraction of sp³-hybridized carbons (Fsp3) is 0.375. The molecular formula is C8H11N5S. The van der Waals surface area contributed by atoms with Crippen molar-refractivity contribution in [1.29, 1.82) is 0 Å². The molecule has 0 fully saturated rings. The van der Waals surface area contributed by atoms with Crippen LogP contribution in [0.3, 0.4) is 0 Å². The molecule has 2 rings (SSSR count). The van der Waals surface area contributed by atoms with E-state index in [9.17, 15) is 0 Å². The smallest absolute Gasteiger partial charge is 0.240 e. The van der Waals surface area contributed by atoms with Crippen LogP contribution in [0.4, 0.5) is 5.95 Å². The SMILES string of the molecule is Cc1ccc(C(C)n2nnnc2N)s1. The van der Waals surface area contributed by atoms with E-state index in [0.29, 0.717) is 5.95 Å². The molecule has 2 aromatic rings. The molecule has 0 saturated carbocycles. The van der Waals surface area contributed by atoms with E-state index >= 15 is 0 Å². The summed E-state index contributed by atoms with van der Waals surface area (Å²) in [6.07, 6.45) is 0. The van der Waals surface area contributed by atoms with Crippen LogP contribution in [0.25, 0.3) is 0 Å². The average molecular weight is 209 g/mol. The lowest BCUT2D eigenvalue weighted by Crippen LogP contribution is -2.10. The minimum Gasteiger partial charge on any atom is -0.367 e. The predicted octanol–water partition coefficient (Wildman–Crippen LogP) is 1.23. The fourth-order valence-corrected chi connectivity index (χ4v) is 2.19. The summed E-state index contributed by atoms with van der Waals surface area (Å²) >= 11 is 1.73. The van der Waals surface area contributed by atoms with Crippen molar-refractivity contribution in [2.24, 2.45) is 0 Å². The Hall–Kier alpha value is -1.43. The maximum atomic E-state index is 5.62. The van der Waals surface area contributed by atoms with Crippen LogP contribution >= 0.6 is 11.3 Å². The lowest BCUT2D eigenvalue weighted by molar-refractivity contribution is 0.557. The van der Waals surface area contributed by atoms with E-state index in [0.717, 1.165) is 0 Å². The number of tetrazole rings is 1. The normalized spacial score (nSPS) is 13.0. The topological polar surface area (TPSA) is 69.6 Å². The maximum absolute atomic E-state index is 5.62. The van der Waals surface area contributed by atoms with Crippen molar-refractivity contribution in [3.8, 4) is 0 Å². The van der Waals surface area contributed by atoms with Gasteiger partial charge in [0.25, 0.3) is 0 Å². The first-order valence-corrected chi connectivity index (χ1v) is 5.10. The third-order valence-electron chi connectivity index (χ3n) is 2.06. The second-order valence-electron chi connectivity index (χ2n) is 3.11. The van der Waals surface area contributed by atoms with Gasteiger partial charge in [0.05, 0.1) is 6.04 Å². The van der Waals surface area contributed by atoms with Crippen molar-refractivity contribution >= 4 is 17.3 Å². The van der Waals surface area contributed by atoms with Gasteiger partial charge in [-0.1, -0.05) is 5.10 Å². The van der Waals surface area contributed by atoms with Crippen molar-refractivity contribution in [3.63, 3.8) is 0 Å². The van der Waals surface area contributed by atoms with Crippen LogP contribution in [0, 0.1) is 6.92 Å². The molecule has 0 aliphatic heterocycles. The maximum Gasteiger partial charge on any atom is 0.240 e. The molecule has 1 unspecified atom stereocenters. The summed E-state index contributed by atoms with van der Waals surface area (Å²) in [7, 11) is 0. The molecule has 6 heteroatoms. The Morgan fingerprint density at radius 3 is 2.79 bits per heavy atom. The second kappa shape index (κ2) is 3.38. The molecule has 0 spiro atoms. The minimum absolute atomic E-state index is 0.101. The molecule has 0 saturated heterocycles. The monoisotopic (exact) mass is 209 g/mol. The largest absolute Gasteiger partial charge is 0.367 e. The third-order valence-corrected chi connectivity index (χ3v) is 3.23. The molecule has 0 radical (unpaired) electrons. The van der Waals surface area contributed by atoms with Crippen LogP contribution < -0.4 is 5.73 Å².